The summed E-state index contributed by atoms with van der Waals surface area (Å²) < 4.78 is 22.4. The highest BCUT2D eigenvalue weighted by Gasteiger charge is 2.30. The Morgan fingerprint density at radius 3 is 2.75 bits per heavy atom. The first-order chi connectivity index (χ1) is 17.0. The van der Waals surface area contributed by atoms with Crippen LogP contribution in [0.2, 0.25) is 0 Å². The van der Waals surface area contributed by atoms with Gasteiger partial charge in [-0.1, -0.05) is 52.3 Å². The first kappa shape index (κ1) is 28.4. The van der Waals surface area contributed by atoms with Gasteiger partial charge in [-0.25, -0.2) is 9.37 Å². The zero-order valence-corrected chi connectivity index (χ0v) is 26.3. The molecule has 2 aliphatic rings. The fourth-order valence-corrected chi connectivity index (χ4v) is 5.72. The minimum Gasteiger partial charge on any atom is -0.379 e. The summed E-state index contributed by atoms with van der Waals surface area (Å²) in [7, 11) is 2.30. The summed E-state index contributed by atoms with van der Waals surface area (Å²) in [6.45, 7) is 12.5. The molecule has 0 aromatic carbocycles. The molecule has 2 aliphatic heterocycles. The number of pyridine rings is 1. The van der Waals surface area contributed by atoms with E-state index in [1.807, 2.05) is 46.0 Å². The Morgan fingerprint density at radius 2 is 2.11 bits per heavy atom. The molecule has 0 saturated carbocycles. The second kappa shape index (κ2) is 11.7. The molecule has 0 spiro atoms. The molecule has 2 fully saturated rings. The standard InChI is InChI=1S/C25H35FI2N5O2P/c1-4-22(34)32-9-10-35-19(15-32)14-31-7-5-18(6-8-31)30-20-11-17(25(26,28)36)13-33-21(12-29-23(20)33)24(2,3)16-27/h4,11-13,18-19,30H,1,5-10,14-16,36H2,2-3H3/t19-,25?/m1/s1. The van der Waals surface area contributed by atoms with Gasteiger partial charge < -0.3 is 24.3 Å². The highest BCUT2D eigenvalue weighted by atomic mass is 127. The van der Waals surface area contributed by atoms with Gasteiger partial charge >= 0.3 is 0 Å². The molecule has 11 heteroatoms. The number of nitrogens with one attached hydrogen (secondary N) is 1. The van der Waals surface area contributed by atoms with Crippen molar-refractivity contribution in [2.24, 2.45) is 0 Å². The number of fused-ring (bicyclic) bond motifs is 1. The van der Waals surface area contributed by atoms with E-state index < -0.39 is 3.42 Å². The number of imidazole rings is 1. The molecule has 0 aliphatic carbocycles. The molecule has 2 unspecified atom stereocenters. The lowest BCUT2D eigenvalue weighted by Gasteiger charge is -2.38. The Bertz CT molecular complexity index is 1100. The lowest BCUT2D eigenvalue weighted by Crippen LogP contribution is -2.51. The second-order valence-electron chi connectivity index (χ2n) is 10.3. The van der Waals surface area contributed by atoms with Crippen molar-refractivity contribution in [1.29, 1.82) is 0 Å². The number of nitrogens with zero attached hydrogens (tertiary/aromatic N) is 4. The summed E-state index contributed by atoms with van der Waals surface area (Å²) in [5, 5.41) is 3.69. The van der Waals surface area contributed by atoms with Crippen LogP contribution in [0.15, 0.2) is 31.1 Å². The maximum absolute atomic E-state index is 15.0. The lowest BCUT2D eigenvalue weighted by atomic mass is 9.93. The number of aromatic nitrogens is 2. The van der Waals surface area contributed by atoms with Crippen LogP contribution in [0.5, 0.6) is 0 Å². The molecule has 2 saturated heterocycles. The third-order valence-electron chi connectivity index (χ3n) is 7.05. The highest BCUT2D eigenvalue weighted by molar-refractivity contribution is 14.1. The van der Waals surface area contributed by atoms with Crippen LogP contribution >= 0.6 is 54.4 Å². The number of morpholine rings is 1. The van der Waals surface area contributed by atoms with Crippen LogP contribution in [0.25, 0.3) is 5.65 Å². The zero-order chi connectivity index (χ0) is 26.1. The fraction of sp³-hybridized carbons (Fsp3) is 0.600. The van der Waals surface area contributed by atoms with Crippen molar-refractivity contribution in [2.45, 2.75) is 47.7 Å². The van der Waals surface area contributed by atoms with Crippen LogP contribution in [0.1, 0.15) is 37.9 Å². The normalized spacial score (nSPS) is 21.9. The van der Waals surface area contributed by atoms with E-state index in [0.717, 1.165) is 53.9 Å². The predicted molar refractivity (Wildman–Crippen MR) is 163 cm³/mol. The number of ether oxygens (including phenoxy) is 1. The summed E-state index contributed by atoms with van der Waals surface area (Å²) >= 11 is 4.22. The molecule has 36 heavy (non-hydrogen) atoms. The predicted octanol–water partition coefficient (Wildman–Crippen LogP) is 4.73. The molecule has 3 atom stereocenters. The van der Waals surface area contributed by atoms with E-state index in [-0.39, 0.29) is 23.5 Å². The molecule has 0 radical (unpaired) electrons. The van der Waals surface area contributed by atoms with Crippen molar-refractivity contribution >= 4 is 71.7 Å². The topological polar surface area (TPSA) is 62.1 Å². The molecule has 0 bridgehead atoms. The molecule has 7 nitrogen and oxygen atoms in total. The van der Waals surface area contributed by atoms with Crippen molar-refractivity contribution in [1.82, 2.24) is 19.2 Å². The van der Waals surface area contributed by atoms with Gasteiger partial charge in [-0.05, 0) is 47.6 Å². The first-order valence-corrected chi connectivity index (χ1v) is 15.5. The molecular formula is C25H35FI2N5O2P. The van der Waals surface area contributed by atoms with Crippen molar-refractivity contribution in [3.05, 3.63) is 42.4 Å². The summed E-state index contributed by atoms with van der Waals surface area (Å²) in [6.07, 6.45) is 7.14. The number of halogens is 3. The number of amides is 1. The monoisotopic (exact) mass is 741 g/mol. The average Bonchev–Trinajstić information content (AvgIpc) is 3.30. The Morgan fingerprint density at radius 1 is 1.39 bits per heavy atom. The Balaban J connectivity index is 1.44. The quantitative estimate of drug-likeness (QED) is 0.184. The minimum atomic E-state index is -1.57. The summed E-state index contributed by atoms with van der Waals surface area (Å²) in [6, 6.07) is 2.17. The molecule has 2 aromatic heterocycles. The highest BCUT2D eigenvalue weighted by Crippen LogP contribution is 2.42. The number of hydrogen-bond donors (Lipinski definition) is 1. The maximum Gasteiger partial charge on any atom is 0.246 e. The van der Waals surface area contributed by atoms with Gasteiger partial charge in [0.2, 0.25) is 5.91 Å². The van der Waals surface area contributed by atoms with Gasteiger partial charge in [0.15, 0.2) is 9.06 Å². The van der Waals surface area contributed by atoms with E-state index in [9.17, 15) is 4.79 Å². The van der Waals surface area contributed by atoms with Gasteiger partial charge in [-0.15, -0.1) is 0 Å². The van der Waals surface area contributed by atoms with E-state index in [1.165, 1.54) is 6.08 Å². The summed E-state index contributed by atoms with van der Waals surface area (Å²) in [5.74, 6) is -0.0296. The molecule has 198 valence electrons. The number of carbonyl (C=O) groups is 1. The SMILES string of the molecule is C=CC(=O)N1CCO[C@H](CN2CCC(Nc3cc(C(F)(P)I)cn4c(C(C)(C)CI)cnc34)CC2)C1. The third-order valence-corrected chi connectivity index (χ3v) is 9.92. The minimum absolute atomic E-state index is 0.0245. The van der Waals surface area contributed by atoms with Gasteiger partial charge in [0.25, 0.3) is 0 Å². The summed E-state index contributed by atoms with van der Waals surface area (Å²) in [4.78, 5) is 20.9. The molecule has 2 aromatic rings. The van der Waals surface area contributed by atoms with Crippen LogP contribution in [0, 0.1) is 0 Å². The average molecular weight is 741 g/mol. The third kappa shape index (κ3) is 6.52. The van der Waals surface area contributed by atoms with Crippen molar-refractivity contribution in [3.63, 3.8) is 0 Å². The smallest absolute Gasteiger partial charge is 0.246 e. The summed E-state index contributed by atoms with van der Waals surface area (Å²) in [5.41, 5.74) is 3.30. The van der Waals surface area contributed by atoms with Gasteiger partial charge in [-0.2, -0.15) is 0 Å². The van der Waals surface area contributed by atoms with E-state index in [4.69, 9.17) is 9.72 Å². The number of rotatable bonds is 8. The molecule has 4 rings (SSSR count). The second-order valence-corrected chi connectivity index (χ2v) is 14.6. The van der Waals surface area contributed by atoms with Crippen LogP contribution < -0.4 is 5.32 Å². The number of hydrogen-bond acceptors (Lipinski definition) is 5. The van der Waals surface area contributed by atoms with Crippen LogP contribution in [-0.2, 0) is 18.4 Å². The molecule has 1 amide bonds. The number of likely N-dealkylation sites (tertiary alicyclic amines) is 1. The van der Waals surface area contributed by atoms with E-state index in [2.05, 4.69) is 66.9 Å². The fourth-order valence-electron chi connectivity index (χ4n) is 4.87. The van der Waals surface area contributed by atoms with E-state index in [0.29, 0.717) is 25.3 Å². The number of carbonyl (C=O) groups excluding carboxylic acids is 1. The van der Waals surface area contributed by atoms with Crippen molar-refractivity contribution in [3.8, 4) is 0 Å². The lowest BCUT2D eigenvalue weighted by molar-refractivity contribution is -0.134. The maximum atomic E-state index is 15.0. The van der Waals surface area contributed by atoms with Crippen LogP contribution in [-0.4, -0.2) is 81.0 Å². The van der Waals surface area contributed by atoms with Crippen LogP contribution in [0.4, 0.5) is 10.1 Å². The van der Waals surface area contributed by atoms with E-state index >= 15 is 4.39 Å². The first-order valence-electron chi connectivity index (χ1n) is 12.3. The number of anilines is 1. The van der Waals surface area contributed by atoms with Gasteiger partial charge in [0, 0.05) is 72.3 Å². The Hall–Kier alpha value is -0.560. The molecule has 4 heterocycles. The van der Waals surface area contributed by atoms with Gasteiger partial charge in [0.05, 0.1) is 18.4 Å². The number of alkyl halides is 3. The number of piperidine rings is 1. The Labute approximate surface area is 242 Å². The Kier molecular flexibility index (Phi) is 9.22. The van der Waals surface area contributed by atoms with E-state index in [1.54, 1.807) is 0 Å². The van der Waals surface area contributed by atoms with Gasteiger partial charge in [-0.3, -0.25) is 4.79 Å². The zero-order valence-electron chi connectivity index (χ0n) is 20.9. The van der Waals surface area contributed by atoms with Crippen molar-refractivity contribution in [2.75, 3.05) is 49.1 Å². The largest absolute Gasteiger partial charge is 0.379 e. The van der Waals surface area contributed by atoms with Crippen molar-refractivity contribution < 1.29 is 13.9 Å². The van der Waals surface area contributed by atoms with Gasteiger partial charge in [0.1, 0.15) is 0 Å². The molecule has 1 N–H and O–H groups in total. The molecular weight excluding hydrogens is 706 g/mol. The van der Waals surface area contributed by atoms with Crippen LogP contribution in [0.3, 0.4) is 0 Å².